The molecular weight excluding hydrogens is 348 g/mol. The van der Waals surface area contributed by atoms with E-state index in [1.807, 2.05) is 12.1 Å². The first kappa shape index (κ1) is 16.7. The number of nitrogens with zero attached hydrogens (tertiary/aromatic N) is 5. The molecule has 136 valence electrons. The maximum Gasteiger partial charge on any atom is 0.265 e. The van der Waals surface area contributed by atoms with Crippen molar-refractivity contribution in [3.05, 3.63) is 55.2 Å². The Labute approximate surface area is 154 Å². The first-order chi connectivity index (χ1) is 13.2. The highest BCUT2D eigenvalue weighted by molar-refractivity contribution is 5.99. The van der Waals surface area contributed by atoms with Gasteiger partial charge in [-0.3, -0.25) is 9.59 Å². The number of rotatable bonds is 5. The van der Waals surface area contributed by atoms with Gasteiger partial charge in [0.1, 0.15) is 18.4 Å². The van der Waals surface area contributed by atoms with Crippen LogP contribution in [0.25, 0.3) is 5.82 Å². The predicted molar refractivity (Wildman–Crippen MR) is 96.7 cm³/mol. The molecule has 2 amide bonds. The third-order valence-corrected chi connectivity index (χ3v) is 4.07. The number of carbonyl (C=O) groups is 2. The molecule has 0 atom stereocenters. The highest BCUT2D eigenvalue weighted by Crippen LogP contribution is 2.31. The minimum absolute atomic E-state index is 0.0301. The van der Waals surface area contributed by atoms with Gasteiger partial charge in [-0.25, -0.2) is 14.6 Å². The van der Waals surface area contributed by atoms with E-state index in [0.29, 0.717) is 22.9 Å². The van der Waals surface area contributed by atoms with Crippen molar-refractivity contribution in [2.45, 2.75) is 6.42 Å². The summed E-state index contributed by atoms with van der Waals surface area (Å²) in [7, 11) is 0. The van der Waals surface area contributed by atoms with Crippen molar-refractivity contribution in [3.8, 4) is 11.6 Å². The molecule has 27 heavy (non-hydrogen) atoms. The molecule has 0 fully saturated rings. The fraction of sp³-hybridized carbons (Fsp3) is 0.167. The lowest BCUT2D eigenvalue weighted by Gasteiger charge is -2.29. The topological polar surface area (TPSA) is 102 Å². The van der Waals surface area contributed by atoms with Gasteiger partial charge < -0.3 is 15.0 Å². The molecule has 3 heterocycles. The van der Waals surface area contributed by atoms with Crippen molar-refractivity contribution >= 4 is 23.2 Å². The van der Waals surface area contributed by atoms with E-state index >= 15 is 0 Å². The zero-order valence-corrected chi connectivity index (χ0v) is 14.3. The number of pyridine rings is 1. The van der Waals surface area contributed by atoms with E-state index in [4.69, 9.17) is 4.74 Å². The standard InChI is InChI=1S/C18H16N6O3/c25-16(22-13-4-3-8-20-18(13)24-12-19-11-21-24)7-9-23-14-5-1-2-6-15(14)27-10-17(23)26/h1-6,8,11-12H,7,9-10H2,(H,22,25). The van der Waals surface area contributed by atoms with Crippen LogP contribution in [0.5, 0.6) is 5.75 Å². The third kappa shape index (κ3) is 3.47. The number of amides is 2. The minimum Gasteiger partial charge on any atom is -0.482 e. The van der Waals surface area contributed by atoms with Crippen LogP contribution in [-0.4, -0.2) is 44.7 Å². The Kier molecular flexibility index (Phi) is 4.48. The Morgan fingerprint density at radius 1 is 1.22 bits per heavy atom. The fourth-order valence-corrected chi connectivity index (χ4v) is 2.82. The number of nitrogens with one attached hydrogen (secondary N) is 1. The Morgan fingerprint density at radius 2 is 2.11 bits per heavy atom. The van der Waals surface area contributed by atoms with Crippen LogP contribution in [0.2, 0.25) is 0 Å². The van der Waals surface area contributed by atoms with Gasteiger partial charge in [-0.1, -0.05) is 12.1 Å². The molecule has 9 heteroatoms. The van der Waals surface area contributed by atoms with Gasteiger partial charge in [-0.05, 0) is 24.3 Å². The van der Waals surface area contributed by atoms with E-state index in [-0.39, 0.29) is 31.4 Å². The summed E-state index contributed by atoms with van der Waals surface area (Å²) in [5, 5.41) is 6.85. The van der Waals surface area contributed by atoms with Gasteiger partial charge in [0.2, 0.25) is 5.91 Å². The summed E-state index contributed by atoms with van der Waals surface area (Å²) in [6.07, 6.45) is 4.63. The average molecular weight is 364 g/mol. The summed E-state index contributed by atoms with van der Waals surface area (Å²) in [4.78, 5) is 34.3. The predicted octanol–water partition coefficient (Wildman–Crippen LogP) is 1.42. The average Bonchev–Trinajstić information content (AvgIpc) is 3.22. The van der Waals surface area contributed by atoms with Gasteiger partial charge in [0, 0.05) is 19.2 Å². The van der Waals surface area contributed by atoms with E-state index in [9.17, 15) is 9.59 Å². The molecule has 0 spiro atoms. The largest absolute Gasteiger partial charge is 0.482 e. The van der Waals surface area contributed by atoms with Crippen molar-refractivity contribution in [2.75, 3.05) is 23.4 Å². The van der Waals surface area contributed by atoms with Crippen LogP contribution in [-0.2, 0) is 9.59 Å². The number of aromatic nitrogens is 4. The van der Waals surface area contributed by atoms with Gasteiger partial charge in [0.05, 0.1) is 11.4 Å². The molecule has 1 aliphatic rings. The summed E-state index contributed by atoms with van der Waals surface area (Å²) in [6, 6.07) is 10.7. The first-order valence-corrected chi connectivity index (χ1v) is 8.34. The molecule has 1 N–H and O–H groups in total. The van der Waals surface area contributed by atoms with Crippen molar-refractivity contribution in [1.82, 2.24) is 19.7 Å². The van der Waals surface area contributed by atoms with Crippen LogP contribution >= 0.6 is 0 Å². The fourth-order valence-electron chi connectivity index (χ4n) is 2.82. The summed E-state index contributed by atoms with van der Waals surface area (Å²) >= 11 is 0. The normalized spacial score (nSPS) is 13.0. The molecule has 0 saturated carbocycles. The molecule has 2 aromatic heterocycles. The Hall–Kier alpha value is -3.75. The molecule has 0 radical (unpaired) electrons. The summed E-state index contributed by atoms with van der Waals surface area (Å²) < 4.78 is 6.88. The van der Waals surface area contributed by atoms with Crippen molar-refractivity contribution in [1.29, 1.82) is 0 Å². The van der Waals surface area contributed by atoms with Crippen molar-refractivity contribution in [2.24, 2.45) is 0 Å². The van der Waals surface area contributed by atoms with Crippen molar-refractivity contribution in [3.63, 3.8) is 0 Å². The molecule has 1 aromatic carbocycles. The second-order valence-corrected chi connectivity index (χ2v) is 5.81. The second-order valence-electron chi connectivity index (χ2n) is 5.81. The van der Waals surface area contributed by atoms with Gasteiger partial charge in [0.15, 0.2) is 12.4 Å². The van der Waals surface area contributed by atoms with Crippen LogP contribution in [0.3, 0.4) is 0 Å². The maximum atomic E-state index is 12.4. The third-order valence-electron chi connectivity index (χ3n) is 4.07. The highest BCUT2D eigenvalue weighted by Gasteiger charge is 2.25. The molecule has 0 bridgehead atoms. The molecular formula is C18H16N6O3. The number of para-hydroxylation sites is 2. The van der Waals surface area contributed by atoms with E-state index in [1.54, 1.807) is 35.4 Å². The summed E-state index contributed by atoms with van der Waals surface area (Å²) in [6.45, 7) is 0.224. The monoisotopic (exact) mass is 364 g/mol. The molecule has 9 nitrogen and oxygen atoms in total. The number of hydrogen-bond donors (Lipinski definition) is 1. The Morgan fingerprint density at radius 3 is 2.96 bits per heavy atom. The van der Waals surface area contributed by atoms with Crippen molar-refractivity contribution < 1.29 is 14.3 Å². The molecule has 4 rings (SSSR count). The number of benzene rings is 1. The number of carbonyl (C=O) groups excluding carboxylic acids is 2. The molecule has 0 unspecified atom stereocenters. The Balaban J connectivity index is 1.45. The van der Waals surface area contributed by atoms with Crippen LogP contribution < -0.4 is 15.0 Å². The van der Waals surface area contributed by atoms with Crippen LogP contribution in [0.15, 0.2) is 55.2 Å². The Bertz CT molecular complexity index is 973. The van der Waals surface area contributed by atoms with Gasteiger partial charge in [-0.15, -0.1) is 0 Å². The molecule has 3 aromatic rings. The van der Waals surface area contributed by atoms with Crippen LogP contribution in [0.4, 0.5) is 11.4 Å². The SMILES string of the molecule is O=C(CCN1C(=O)COc2ccccc21)Nc1cccnc1-n1cncn1. The zero-order chi connectivity index (χ0) is 18.6. The van der Waals surface area contributed by atoms with E-state index in [0.717, 1.165) is 0 Å². The maximum absolute atomic E-state index is 12.4. The highest BCUT2D eigenvalue weighted by atomic mass is 16.5. The number of hydrogen-bond acceptors (Lipinski definition) is 6. The lowest BCUT2D eigenvalue weighted by atomic mass is 10.2. The zero-order valence-electron chi connectivity index (χ0n) is 14.3. The van der Waals surface area contributed by atoms with Crippen LogP contribution in [0, 0.1) is 0 Å². The lowest BCUT2D eigenvalue weighted by molar-refractivity contribution is -0.121. The number of ether oxygens (including phenoxy) is 1. The first-order valence-electron chi connectivity index (χ1n) is 8.34. The minimum atomic E-state index is -0.235. The lowest BCUT2D eigenvalue weighted by Crippen LogP contribution is -2.40. The number of fused-ring (bicyclic) bond motifs is 1. The van der Waals surface area contributed by atoms with Crippen LogP contribution in [0.1, 0.15) is 6.42 Å². The van der Waals surface area contributed by atoms with E-state index in [2.05, 4.69) is 20.4 Å². The summed E-state index contributed by atoms with van der Waals surface area (Å²) in [5.74, 6) is 0.696. The molecule has 0 aliphatic carbocycles. The quantitative estimate of drug-likeness (QED) is 0.734. The smallest absolute Gasteiger partial charge is 0.265 e. The second kappa shape index (κ2) is 7.24. The summed E-state index contributed by atoms with van der Waals surface area (Å²) in [5.41, 5.74) is 1.19. The molecule has 0 saturated heterocycles. The van der Waals surface area contributed by atoms with E-state index in [1.165, 1.54) is 17.3 Å². The molecule has 1 aliphatic heterocycles. The van der Waals surface area contributed by atoms with Gasteiger partial charge >= 0.3 is 0 Å². The number of anilines is 2. The van der Waals surface area contributed by atoms with Gasteiger partial charge in [0.25, 0.3) is 5.91 Å². The van der Waals surface area contributed by atoms with E-state index < -0.39 is 0 Å². The van der Waals surface area contributed by atoms with Gasteiger partial charge in [-0.2, -0.15) is 5.10 Å².